The molecule has 1 aromatic carbocycles. The van der Waals surface area contributed by atoms with Crippen LogP contribution in [-0.2, 0) is 12.1 Å². The fraction of sp³-hybridized carbons (Fsp3) is 0.333. The van der Waals surface area contributed by atoms with Crippen LogP contribution in [0.5, 0.6) is 5.75 Å². The summed E-state index contributed by atoms with van der Waals surface area (Å²) in [6.45, 7) is 6.11. The third kappa shape index (κ3) is 3.34. The van der Waals surface area contributed by atoms with Crippen molar-refractivity contribution in [1.82, 2.24) is 9.55 Å². The Kier molecular flexibility index (Phi) is 3.88. The number of aromatic nitrogens is 2. The lowest BCUT2D eigenvalue weighted by atomic mass is 10.1. The second-order valence-electron chi connectivity index (χ2n) is 5.86. The summed E-state index contributed by atoms with van der Waals surface area (Å²) in [5.74, 6) is 0.373. The van der Waals surface area contributed by atoms with Crippen molar-refractivity contribution in [1.29, 1.82) is 0 Å². The fourth-order valence-corrected chi connectivity index (χ4v) is 1.99. The van der Waals surface area contributed by atoms with E-state index in [1.165, 1.54) is 6.07 Å². The Balaban J connectivity index is 2.25. The van der Waals surface area contributed by atoms with Gasteiger partial charge in [-0.25, -0.2) is 4.98 Å². The van der Waals surface area contributed by atoms with Gasteiger partial charge in [0.1, 0.15) is 5.75 Å². The first-order valence-corrected chi connectivity index (χ1v) is 6.68. The lowest BCUT2D eigenvalue weighted by Gasteiger charge is -2.22. The highest BCUT2D eigenvalue weighted by atomic mass is 16.3. The van der Waals surface area contributed by atoms with Crippen LogP contribution < -0.4 is 16.6 Å². The Hall–Kier alpha value is -2.50. The SMILES string of the molecule is CC(C)(C)n1ccnc(NCc2cc(N)ccc2O)c1=O. The Labute approximate surface area is 123 Å². The minimum atomic E-state index is -0.324. The first kappa shape index (κ1) is 14.9. The van der Waals surface area contributed by atoms with Gasteiger partial charge in [-0.15, -0.1) is 0 Å². The topological polar surface area (TPSA) is 93.2 Å². The van der Waals surface area contributed by atoms with Crippen LogP contribution in [0.4, 0.5) is 11.5 Å². The van der Waals surface area contributed by atoms with Crippen molar-refractivity contribution in [2.45, 2.75) is 32.9 Å². The molecule has 1 aromatic heterocycles. The first-order chi connectivity index (χ1) is 9.79. The van der Waals surface area contributed by atoms with Crippen LogP contribution in [0.2, 0.25) is 0 Å². The van der Waals surface area contributed by atoms with Gasteiger partial charge in [0.25, 0.3) is 5.56 Å². The summed E-state index contributed by atoms with van der Waals surface area (Å²) >= 11 is 0. The van der Waals surface area contributed by atoms with Gasteiger partial charge in [0.05, 0.1) is 0 Å². The molecule has 0 aliphatic carbocycles. The zero-order valence-corrected chi connectivity index (χ0v) is 12.4. The van der Waals surface area contributed by atoms with Crippen molar-refractivity contribution in [2.24, 2.45) is 0 Å². The van der Waals surface area contributed by atoms with Crippen LogP contribution in [0.1, 0.15) is 26.3 Å². The van der Waals surface area contributed by atoms with E-state index < -0.39 is 0 Å². The summed E-state index contributed by atoms with van der Waals surface area (Å²) in [7, 11) is 0. The van der Waals surface area contributed by atoms with E-state index in [-0.39, 0.29) is 29.2 Å². The van der Waals surface area contributed by atoms with Crippen molar-refractivity contribution >= 4 is 11.5 Å². The molecule has 0 radical (unpaired) electrons. The van der Waals surface area contributed by atoms with Gasteiger partial charge < -0.3 is 20.7 Å². The quantitative estimate of drug-likeness (QED) is 0.592. The molecular weight excluding hydrogens is 268 g/mol. The molecular formula is C15H20N4O2. The monoisotopic (exact) mass is 288 g/mol. The van der Waals surface area contributed by atoms with Crippen LogP contribution in [0, 0.1) is 0 Å². The van der Waals surface area contributed by atoms with Gasteiger partial charge in [-0.1, -0.05) is 0 Å². The third-order valence-electron chi connectivity index (χ3n) is 3.11. The molecule has 0 amide bonds. The minimum absolute atomic E-state index is 0.128. The van der Waals surface area contributed by atoms with Crippen molar-refractivity contribution in [3.05, 3.63) is 46.5 Å². The number of nitrogens with zero attached hydrogens (tertiary/aromatic N) is 2. The molecule has 0 saturated heterocycles. The summed E-state index contributed by atoms with van der Waals surface area (Å²) in [4.78, 5) is 16.4. The van der Waals surface area contributed by atoms with Crippen LogP contribution in [0.15, 0.2) is 35.4 Å². The predicted octanol–water partition coefficient (Wildman–Crippen LogP) is 1.90. The number of phenols is 1. The molecule has 0 unspecified atom stereocenters. The lowest BCUT2D eigenvalue weighted by molar-refractivity contribution is 0.383. The highest BCUT2D eigenvalue weighted by Crippen LogP contribution is 2.20. The van der Waals surface area contributed by atoms with Gasteiger partial charge in [0, 0.05) is 35.7 Å². The number of aromatic hydroxyl groups is 1. The van der Waals surface area contributed by atoms with Crippen molar-refractivity contribution < 1.29 is 5.11 Å². The number of phenolic OH excluding ortho intramolecular Hbond substituents is 1. The van der Waals surface area contributed by atoms with Gasteiger partial charge in [-0.2, -0.15) is 0 Å². The zero-order valence-electron chi connectivity index (χ0n) is 12.4. The second kappa shape index (κ2) is 5.47. The maximum absolute atomic E-state index is 12.3. The molecule has 0 fully saturated rings. The normalized spacial score (nSPS) is 11.4. The average molecular weight is 288 g/mol. The number of nitrogens with two attached hydrogens (primary N) is 1. The number of hydrogen-bond acceptors (Lipinski definition) is 5. The zero-order chi connectivity index (χ0) is 15.6. The van der Waals surface area contributed by atoms with E-state index in [9.17, 15) is 9.90 Å². The number of hydrogen-bond donors (Lipinski definition) is 3. The van der Waals surface area contributed by atoms with Crippen molar-refractivity contribution in [2.75, 3.05) is 11.1 Å². The van der Waals surface area contributed by atoms with E-state index >= 15 is 0 Å². The van der Waals surface area contributed by atoms with Crippen LogP contribution in [0.3, 0.4) is 0 Å². The third-order valence-corrected chi connectivity index (χ3v) is 3.11. The van der Waals surface area contributed by atoms with Gasteiger partial charge in [0.15, 0.2) is 5.82 Å². The molecule has 1 heterocycles. The summed E-state index contributed by atoms with van der Waals surface area (Å²) in [6.07, 6.45) is 3.24. The summed E-state index contributed by atoms with van der Waals surface area (Å²) < 4.78 is 1.61. The van der Waals surface area contributed by atoms with Crippen molar-refractivity contribution in [3.8, 4) is 5.75 Å². The molecule has 4 N–H and O–H groups in total. The molecule has 2 rings (SSSR count). The summed E-state index contributed by atoms with van der Waals surface area (Å²) in [5.41, 5.74) is 6.33. The summed E-state index contributed by atoms with van der Waals surface area (Å²) in [6, 6.07) is 4.80. The van der Waals surface area contributed by atoms with E-state index in [4.69, 9.17) is 5.73 Å². The number of nitrogen functional groups attached to an aromatic ring is 1. The molecule has 0 saturated carbocycles. The Morgan fingerprint density at radius 2 is 2.10 bits per heavy atom. The molecule has 0 bridgehead atoms. The Morgan fingerprint density at radius 3 is 2.76 bits per heavy atom. The fourth-order valence-electron chi connectivity index (χ4n) is 1.99. The minimum Gasteiger partial charge on any atom is -0.508 e. The standard InChI is InChI=1S/C15H20N4O2/c1-15(2,3)19-7-6-17-13(14(19)21)18-9-10-8-11(16)4-5-12(10)20/h4-8,20H,9,16H2,1-3H3,(H,17,18). The molecule has 6 nitrogen and oxygen atoms in total. The predicted molar refractivity (Wildman–Crippen MR) is 83.3 cm³/mol. The maximum atomic E-state index is 12.3. The molecule has 112 valence electrons. The largest absolute Gasteiger partial charge is 0.508 e. The number of rotatable bonds is 3. The van der Waals surface area contributed by atoms with Gasteiger partial charge in [-0.3, -0.25) is 4.79 Å². The Bertz CT molecular complexity index is 702. The van der Waals surface area contributed by atoms with E-state index in [2.05, 4.69) is 10.3 Å². The molecule has 6 heteroatoms. The molecule has 21 heavy (non-hydrogen) atoms. The number of nitrogens with one attached hydrogen (secondary N) is 1. The van der Waals surface area contributed by atoms with E-state index in [0.717, 1.165) is 0 Å². The average Bonchev–Trinajstić information content (AvgIpc) is 2.40. The molecule has 2 aromatic rings. The maximum Gasteiger partial charge on any atom is 0.293 e. The number of anilines is 2. The van der Waals surface area contributed by atoms with Crippen LogP contribution in [0.25, 0.3) is 0 Å². The number of benzene rings is 1. The van der Waals surface area contributed by atoms with E-state index in [0.29, 0.717) is 11.3 Å². The van der Waals surface area contributed by atoms with Gasteiger partial charge in [0.2, 0.25) is 0 Å². The van der Waals surface area contributed by atoms with E-state index in [1.54, 1.807) is 29.1 Å². The van der Waals surface area contributed by atoms with Crippen LogP contribution in [-0.4, -0.2) is 14.7 Å². The molecule has 0 aliphatic rings. The molecule has 0 aliphatic heterocycles. The first-order valence-electron chi connectivity index (χ1n) is 6.68. The second-order valence-corrected chi connectivity index (χ2v) is 5.86. The van der Waals surface area contributed by atoms with Gasteiger partial charge in [-0.05, 0) is 39.0 Å². The molecule has 0 spiro atoms. The summed E-state index contributed by atoms with van der Waals surface area (Å²) in [5, 5.41) is 12.7. The van der Waals surface area contributed by atoms with Crippen molar-refractivity contribution in [3.63, 3.8) is 0 Å². The Morgan fingerprint density at radius 1 is 1.38 bits per heavy atom. The smallest absolute Gasteiger partial charge is 0.293 e. The molecule has 0 atom stereocenters. The van der Waals surface area contributed by atoms with E-state index in [1.807, 2.05) is 20.8 Å². The van der Waals surface area contributed by atoms with Crippen LogP contribution >= 0.6 is 0 Å². The highest BCUT2D eigenvalue weighted by Gasteiger charge is 2.16. The lowest BCUT2D eigenvalue weighted by Crippen LogP contribution is -2.35. The van der Waals surface area contributed by atoms with Gasteiger partial charge >= 0.3 is 0 Å². The highest BCUT2D eigenvalue weighted by molar-refractivity contribution is 5.48.